The van der Waals surface area contributed by atoms with E-state index in [-0.39, 0.29) is 0 Å². The molecule has 0 spiro atoms. The fraction of sp³-hybridized carbons (Fsp3) is 0.733. The molecule has 0 bridgehead atoms. The maximum absolute atomic E-state index is 5.18. The molecule has 1 atom stereocenters. The molecular weight excluding hydrogens is 252 g/mol. The predicted molar refractivity (Wildman–Crippen MR) is 80.9 cm³/mol. The van der Waals surface area contributed by atoms with Gasteiger partial charge in [-0.3, -0.25) is 0 Å². The second kappa shape index (κ2) is 7.55. The van der Waals surface area contributed by atoms with Crippen LogP contribution in [0.4, 0.5) is 5.82 Å². The van der Waals surface area contributed by atoms with Crippen LogP contribution in [0.15, 0.2) is 6.07 Å². The standard InChI is InChI=1S/C15H26N4O/c1-11(2)15-18-13(10-20-3)7-14(19-15)17-9-12-5-4-6-16-8-12/h7,11-12,16H,4-6,8-10H2,1-3H3,(H,17,18,19). The Hall–Kier alpha value is -1.20. The minimum Gasteiger partial charge on any atom is -0.378 e. The van der Waals surface area contributed by atoms with Crippen LogP contribution in [-0.4, -0.2) is 36.7 Å². The molecule has 5 nitrogen and oxygen atoms in total. The molecule has 1 fully saturated rings. The van der Waals surface area contributed by atoms with E-state index in [1.165, 1.54) is 12.8 Å². The SMILES string of the molecule is COCc1cc(NCC2CCCNC2)nc(C(C)C)n1. The van der Waals surface area contributed by atoms with Gasteiger partial charge in [0.15, 0.2) is 0 Å². The summed E-state index contributed by atoms with van der Waals surface area (Å²) in [6.07, 6.45) is 2.55. The average molecular weight is 278 g/mol. The van der Waals surface area contributed by atoms with Crippen molar-refractivity contribution in [1.29, 1.82) is 0 Å². The van der Waals surface area contributed by atoms with Crippen LogP contribution in [0.2, 0.25) is 0 Å². The van der Waals surface area contributed by atoms with Gasteiger partial charge in [0.05, 0.1) is 12.3 Å². The highest BCUT2D eigenvalue weighted by atomic mass is 16.5. The highest BCUT2D eigenvalue weighted by molar-refractivity contribution is 5.36. The highest BCUT2D eigenvalue weighted by Gasteiger charge is 2.14. The lowest BCUT2D eigenvalue weighted by Crippen LogP contribution is -2.33. The van der Waals surface area contributed by atoms with Gasteiger partial charge in [-0.2, -0.15) is 0 Å². The van der Waals surface area contributed by atoms with Gasteiger partial charge in [0, 0.05) is 25.6 Å². The second-order valence-corrected chi connectivity index (χ2v) is 5.78. The molecule has 0 aromatic carbocycles. The van der Waals surface area contributed by atoms with E-state index in [0.29, 0.717) is 18.4 Å². The average Bonchev–Trinajstić information content (AvgIpc) is 2.46. The summed E-state index contributed by atoms with van der Waals surface area (Å²) in [5, 5.41) is 6.90. The van der Waals surface area contributed by atoms with Gasteiger partial charge in [-0.1, -0.05) is 13.8 Å². The van der Waals surface area contributed by atoms with Crippen LogP contribution in [0.3, 0.4) is 0 Å². The molecule has 1 unspecified atom stereocenters. The molecule has 1 aromatic heterocycles. The number of anilines is 1. The zero-order chi connectivity index (χ0) is 14.4. The number of methoxy groups -OCH3 is 1. The first-order chi connectivity index (χ1) is 9.69. The summed E-state index contributed by atoms with van der Waals surface area (Å²) in [6.45, 7) is 7.97. The van der Waals surface area contributed by atoms with E-state index in [2.05, 4.69) is 34.4 Å². The molecule has 2 heterocycles. The molecule has 112 valence electrons. The van der Waals surface area contributed by atoms with E-state index in [0.717, 1.165) is 37.0 Å². The Morgan fingerprint density at radius 1 is 1.45 bits per heavy atom. The lowest BCUT2D eigenvalue weighted by molar-refractivity contribution is 0.181. The monoisotopic (exact) mass is 278 g/mol. The first-order valence-corrected chi connectivity index (χ1v) is 7.50. The topological polar surface area (TPSA) is 59.1 Å². The summed E-state index contributed by atoms with van der Waals surface area (Å²) in [5.74, 6) is 2.81. The smallest absolute Gasteiger partial charge is 0.133 e. The first-order valence-electron chi connectivity index (χ1n) is 7.50. The zero-order valence-corrected chi connectivity index (χ0v) is 12.8. The van der Waals surface area contributed by atoms with Crippen LogP contribution in [0, 0.1) is 5.92 Å². The lowest BCUT2D eigenvalue weighted by atomic mass is 10.00. The Balaban J connectivity index is 2.01. The Bertz CT molecular complexity index is 416. The number of aromatic nitrogens is 2. The predicted octanol–water partition coefficient (Wildman–Crippen LogP) is 2.16. The second-order valence-electron chi connectivity index (χ2n) is 5.78. The van der Waals surface area contributed by atoms with Crippen molar-refractivity contribution in [2.24, 2.45) is 5.92 Å². The summed E-state index contributed by atoms with van der Waals surface area (Å²) < 4.78 is 5.18. The maximum Gasteiger partial charge on any atom is 0.133 e. The van der Waals surface area contributed by atoms with Crippen LogP contribution in [0.5, 0.6) is 0 Å². The Morgan fingerprint density at radius 3 is 2.95 bits per heavy atom. The third-order valence-electron chi connectivity index (χ3n) is 3.58. The van der Waals surface area contributed by atoms with E-state index in [4.69, 9.17) is 4.74 Å². The number of rotatable bonds is 6. The summed E-state index contributed by atoms with van der Waals surface area (Å²) in [4.78, 5) is 9.13. The van der Waals surface area contributed by atoms with Gasteiger partial charge >= 0.3 is 0 Å². The highest BCUT2D eigenvalue weighted by Crippen LogP contribution is 2.16. The molecule has 1 saturated heterocycles. The number of ether oxygens (including phenoxy) is 1. The minimum atomic E-state index is 0.323. The number of hydrogen-bond donors (Lipinski definition) is 2. The molecule has 2 rings (SSSR count). The molecule has 1 aliphatic rings. The summed E-state index contributed by atoms with van der Waals surface area (Å²) >= 11 is 0. The largest absolute Gasteiger partial charge is 0.378 e. The molecule has 1 aromatic rings. The van der Waals surface area contributed by atoms with Crippen LogP contribution in [0.1, 0.15) is 44.1 Å². The van der Waals surface area contributed by atoms with Crippen molar-refractivity contribution in [2.75, 3.05) is 32.1 Å². The minimum absolute atomic E-state index is 0.323. The van der Waals surface area contributed by atoms with Crippen molar-refractivity contribution in [1.82, 2.24) is 15.3 Å². The van der Waals surface area contributed by atoms with Crippen molar-refractivity contribution in [3.63, 3.8) is 0 Å². The van der Waals surface area contributed by atoms with Crippen LogP contribution >= 0.6 is 0 Å². The molecule has 20 heavy (non-hydrogen) atoms. The quantitative estimate of drug-likeness (QED) is 0.835. The van der Waals surface area contributed by atoms with Gasteiger partial charge < -0.3 is 15.4 Å². The fourth-order valence-electron chi connectivity index (χ4n) is 2.44. The van der Waals surface area contributed by atoms with Crippen molar-refractivity contribution in [2.45, 2.75) is 39.2 Å². The van der Waals surface area contributed by atoms with Crippen molar-refractivity contribution in [3.8, 4) is 0 Å². The van der Waals surface area contributed by atoms with Gasteiger partial charge in [0.1, 0.15) is 11.6 Å². The summed E-state index contributed by atoms with van der Waals surface area (Å²) in [5.41, 5.74) is 0.940. The molecule has 0 aliphatic carbocycles. The van der Waals surface area contributed by atoms with E-state index in [1.807, 2.05) is 6.07 Å². The van der Waals surface area contributed by atoms with E-state index >= 15 is 0 Å². The van der Waals surface area contributed by atoms with Gasteiger partial charge in [-0.25, -0.2) is 9.97 Å². The molecular formula is C15H26N4O. The van der Waals surface area contributed by atoms with Gasteiger partial charge in [0.25, 0.3) is 0 Å². The molecule has 0 amide bonds. The molecule has 1 aliphatic heterocycles. The number of hydrogen-bond acceptors (Lipinski definition) is 5. The van der Waals surface area contributed by atoms with Crippen molar-refractivity contribution in [3.05, 3.63) is 17.6 Å². The van der Waals surface area contributed by atoms with E-state index in [9.17, 15) is 0 Å². The molecule has 5 heteroatoms. The fourth-order valence-corrected chi connectivity index (χ4v) is 2.44. The zero-order valence-electron chi connectivity index (χ0n) is 12.8. The third kappa shape index (κ3) is 4.42. The number of nitrogens with one attached hydrogen (secondary N) is 2. The number of piperidine rings is 1. The van der Waals surface area contributed by atoms with Crippen LogP contribution in [0.25, 0.3) is 0 Å². The third-order valence-corrected chi connectivity index (χ3v) is 3.58. The summed E-state index contributed by atoms with van der Waals surface area (Å²) in [6, 6.07) is 1.99. The van der Waals surface area contributed by atoms with Gasteiger partial charge in [-0.05, 0) is 31.8 Å². The van der Waals surface area contributed by atoms with Gasteiger partial charge in [-0.15, -0.1) is 0 Å². The first kappa shape index (κ1) is 15.2. The van der Waals surface area contributed by atoms with Crippen molar-refractivity contribution < 1.29 is 4.74 Å². The van der Waals surface area contributed by atoms with E-state index in [1.54, 1.807) is 7.11 Å². The summed E-state index contributed by atoms with van der Waals surface area (Å²) in [7, 11) is 1.69. The molecule has 0 radical (unpaired) electrons. The van der Waals surface area contributed by atoms with Gasteiger partial charge in [0.2, 0.25) is 0 Å². The van der Waals surface area contributed by atoms with Crippen LogP contribution < -0.4 is 10.6 Å². The maximum atomic E-state index is 5.18. The normalized spacial score (nSPS) is 19.3. The Morgan fingerprint density at radius 2 is 2.30 bits per heavy atom. The molecule has 2 N–H and O–H groups in total. The van der Waals surface area contributed by atoms with E-state index < -0.39 is 0 Å². The Labute approximate surface area is 121 Å². The van der Waals surface area contributed by atoms with Crippen LogP contribution in [-0.2, 0) is 11.3 Å². The van der Waals surface area contributed by atoms with Crippen molar-refractivity contribution >= 4 is 5.82 Å². The molecule has 0 saturated carbocycles. The lowest BCUT2D eigenvalue weighted by Gasteiger charge is -2.23. The Kier molecular flexibility index (Phi) is 5.73. The number of nitrogens with zero attached hydrogens (tertiary/aromatic N) is 2.